The highest BCUT2D eigenvalue weighted by Crippen LogP contribution is 2.38. The molecule has 5 rings (SSSR count). The summed E-state index contributed by atoms with van der Waals surface area (Å²) < 4.78 is 84.5. The number of pyridine rings is 1. The van der Waals surface area contributed by atoms with Gasteiger partial charge in [-0.25, -0.2) is 9.50 Å². The largest absolute Gasteiger partial charge is 0.470 e. The molecule has 1 N–H and O–H groups in total. The van der Waals surface area contributed by atoms with Gasteiger partial charge in [0.1, 0.15) is 11.7 Å². The van der Waals surface area contributed by atoms with Gasteiger partial charge >= 0.3 is 24.3 Å². The van der Waals surface area contributed by atoms with Gasteiger partial charge in [-0.3, -0.25) is 0 Å². The fraction of sp³-hybridized carbons (Fsp3) is 0.294. The highest BCUT2D eigenvalue weighted by Gasteiger charge is 2.42. The average Bonchev–Trinajstić information content (AvgIpc) is 3.42. The third-order valence-corrected chi connectivity index (χ3v) is 4.90. The van der Waals surface area contributed by atoms with Gasteiger partial charge in [-0.1, -0.05) is 11.2 Å². The molecule has 0 aliphatic carbocycles. The average molecular weight is 443 g/mol. The molecule has 1 aliphatic heterocycles. The number of hydrogen-bond acceptors (Lipinski definition) is 6. The molecule has 1 aliphatic rings. The third kappa shape index (κ3) is 3.18. The van der Waals surface area contributed by atoms with E-state index in [1.54, 1.807) is 0 Å². The summed E-state index contributed by atoms with van der Waals surface area (Å²) in [6.45, 7) is 0.152. The number of hydrogen-bond donors (Lipinski definition) is 1. The van der Waals surface area contributed by atoms with Crippen molar-refractivity contribution < 1.29 is 30.8 Å². The van der Waals surface area contributed by atoms with Gasteiger partial charge in [-0.05, 0) is 18.2 Å². The lowest BCUT2D eigenvalue weighted by molar-refractivity contribution is -0.157. The van der Waals surface area contributed by atoms with E-state index in [1.807, 2.05) is 0 Å². The molecule has 0 saturated carbocycles. The van der Waals surface area contributed by atoms with Crippen molar-refractivity contribution in [2.45, 2.75) is 24.8 Å². The van der Waals surface area contributed by atoms with E-state index in [9.17, 15) is 26.3 Å². The molecule has 1 atom stereocenters. The first-order valence-corrected chi connectivity index (χ1v) is 8.88. The Balaban J connectivity index is 1.65. The van der Waals surface area contributed by atoms with Crippen molar-refractivity contribution in [1.82, 2.24) is 29.8 Å². The molecular weight excluding hydrogens is 432 g/mol. The topological polar surface area (TPSA) is 88.1 Å². The number of aromatic nitrogens is 6. The Morgan fingerprint density at radius 2 is 1.87 bits per heavy atom. The molecule has 0 aromatic carbocycles. The van der Waals surface area contributed by atoms with E-state index in [1.165, 1.54) is 29.4 Å². The van der Waals surface area contributed by atoms with E-state index in [0.717, 1.165) is 10.6 Å². The lowest BCUT2D eigenvalue weighted by Gasteiger charge is -2.32. The maximum absolute atomic E-state index is 13.4. The van der Waals surface area contributed by atoms with Crippen molar-refractivity contribution in [2.75, 3.05) is 11.4 Å². The number of rotatable bonds is 2. The monoisotopic (exact) mass is 443 g/mol. The Bertz CT molecular complexity index is 1250. The molecule has 0 spiro atoms. The zero-order valence-electron chi connectivity index (χ0n) is 15.2. The van der Waals surface area contributed by atoms with Crippen LogP contribution in [0.3, 0.4) is 0 Å². The van der Waals surface area contributed by atoms with Gasteiger partial charge in [0.05, 0.1) is 23.2 Å². The van der Waals surface area contributed by atoms with Gasteiger partial charge in [0.2, 0.25) is 0 Å². The normalized spacial score (nSPS) is 17.4. The number of nitrogens with zero attached hydrogens (tertiary/aromatic N) is 6. The van der Waals surface area contributed by atoms with Crippen LogP contribution in [-0.2, 0) is 18.8 Å². The van der Waals surface area contributed by atoms with E-state index in [4.69, 9.17) is 4.42 Å². The summed E-state index contributed by atoms with van der Waals surface area (Å²) in [4.78, 5) is 8.48. The Kier molecular flexibility index (Phi) is 4.04. The number of fused-ring (bicyclic) bond motifs is 2. The minimum Gasteiger partial charge on any atom is -0.399 e. The van der Waals surface area contributed by atoms with Crippen LogP contribution < -0.4 is 4.90 Å². The van der Waals surface area contributed by atoms with Crippen molar-refractivity contribution in [3.63, 3.8) is 0 Å². The molecule has 31 heavy (non-hydrogen) atoms. The number of nitrogens with one attached hydrogen (secondary N) is 1. The van der Waals surface area contributed by atoms with Gasteiger partial charge in [0.25, 0.3) is 0 Å². The SMILES string of the molecule is FC(F)(F)c1nnc(N2CCc3[nH]cnc3[C@H]2c2cc3cccc(C(F)(F)F)n3n2)o1. The Morgan fingerprint density at radius 3 is 2.58 bits per heavy atom. The van der Waals surface area contributed by atoms with Crippen LogP contribution in [0.25, 0.3) is 5.52 Å². The summed E-state index contributed by atoms with van der Waals surface area (Å²) in [6, 6.07) is 3.62. The van der Waals surface area contributed by atoms with Crippen LogP contribution >= 0.6 is 0 Å². The summed E-state index contributed by atoms with van der Waals surface area (Å²) in [7, 11) is 0. The first kappa shape index (κ1) is 19.4. The second-order valence-electron chi connectivity index (χ2n) is 6.81. The predicted octanol–water partition coefficient (Wildman–Crippen LogP) is 3.63. The van der Waals surface area contributed by atoms with E-state index >= 15 is 0 Å². The van der Waals surface area contributed by atoms with Crippen molar-refractivity contribution in [2.24, 2.45) is 0 Å². The lowest BCUT2D eigenvalue weighted by Crippen LogP contribution is -2.37. The van der Waals surface area contributed by atoms with E-state index < -0.39 is 36.0 Å². The molecule has 0 amide bonds. The maximum atomic E-state index is 13.4. The van der Waals surface area contributed by atoms with Gasteiger partial charge in [0, 0.05) is 18.7 Å². The minimum atomic E-state index is -4.83. The van der Waals surface area contributed by atoms with Crippen molar-refractivity contribution in [1.29, 1.82) is 0 Å². The first-order valence-electron chi connectivity index (χ1n) is 8.88. The van der Waals surface area contributed by atoms with E-state index in [-0.39, 0.29) is 17.8 Å². The number of aromatic amines is 1. The standard InChI is InChI=1S/C17H11F6N7O/c18-16(19,20)11-3-1-2-8-6-10(28-30(8)11)13-12-9(24-7-25-12)4-5-29(13)15-27-26-14(31-15)17(21,22)23/h1-3,6-7,13H,4-5H2,(H,24,25)/t13-/m1/s1. The van der Waals surface area contributed by atoms with Crippen LogP contribution in [-0.4, -0.2) is 36.3 Å². The van der Waals surface area contributed by atoms with Crippen LogP contribution in [0.5, 0.6) is 0 Å². The van der Waals surface area contributed by atoms with Crippen molar-refractivity contribution in [3.05, 3.63) is 59.3 Å². The summed E-state index contributed by atoms with van der Waals surface area (Å²) >= 11 is 0. The Labute approximate surface area is 168 Å². The van der Waals surface area contributed by atoms with Gasteiger partial charge < -0.3 is 14.3 Å². The second-order valence-corrected chi connectivity index (χ2v) is 6.81. The summed E-state index contributed by atoms with van der Waals surface area (Å²) in [6.07, 6.45) is -7.72. The summed E-state index contributed by atoms with van der Waals surface area (Å²) in [5, 5.41) is 10.6. The fourth-order valence-electron chi connectivity index (χ4n) is 3.61. The predicted molar refractivity (Wildman–Crippen MR) is 91.0 cm³/mol. The number of H-pyrrole nitrogens is 1. The molecule has 0 bridgehead atoms. The summed E-state index contributed by atoms with van der Waals surface area (Å²) in [5.41, 5.74) is 0.392. The summed E-state index contributed by atoms with van der Waals surface area (Å²) in [5.74, 6) is -1.52. The number of anilines is 1. The minimum absolute atomic E-state index is 0.136. The quantitative estimate of drug-likeness (QED) is 0.476. The van der Waals surface area contributed by atoms with Crippen molar-refractivity contribution >= 4 is 11.5 Å². The number of imidazole rings is 1. The smallest absolute Gasteiger partial charge is 0.399 e. The lowest BCUT2D eigenvalue weighted by atomic mass is 10.0. The van der Waals surface area contributed by atoms with Gasteiger partial charge in [-0.15, -0.1) is 5.10 Å². The van der Waals surface area contributed by atoms with Crippen LogP contribution in [0.15, 0.2) is 35.0 Å². The van der Waals surface area contributed by atoms with Crippen molar-refractivity contribution in [3.8, 4) is 0 Å². The van der Waals surface area contributed by atoms with Gasteiger partial charge in [-0.2, -0.15) is 31.4 Å². The first-order chi connectivity index (χ1) is 14.6. The molecule has 4 aromatic rings. The zero-order chi connectivity index (χ0) is 22.0. The van der Waals surface area contributed by atoms with Crippen LogP contribution in [0.2, 0.25) is 0 Å². The highest BCUT2D eigenvalue weighted by molar-refractivity contribution is 5.53. The van der Waals surface area contributed by atoms with Crippen LogP contribution in [0.4, 0.5) is 32.4 Å². The number of alkyl halides is 6. The third-order valence-electron chi connectivity index (χ3n) is 4.90. The molecule has 162 valence electrons. The molecule has 5 heterocycles. The van der Waals surface area contributed by atoms with Crippen LogP contribution in [0, 0.1) is 0 Å². The van der Waals surface area contributed by atoms with E-state index in [2.05, 4.69) is 25.3 Å². The Hall–Kier alpha value is -3.58. The molecule has 8 nitrogen and oxygen atoms in total. The molecule has 0 saturated heterocycles. The maximum Gasteiger partial charge on any atom is 0.470 e. The molecule has 0 unspecified atom stereocenters. The van der Waals surface area contributed by atoms with Gasteiger partial charge in [0.15, 0.2) is 0 Å². The highest BCUT2D eigenvalue weighted by atomic mass is 19.4. The number of halogens is 6. The molecule has 0 fully saturated rings. The zero-order valence-corrected chi connectivity index (χ0v) is 15.2. The molecule has 14 heteroatoms. The second kappa shape index (κ2) is 6.46. The fourth-order valence-corrected chi connectivity index (χ4v) is 3.61. The molecular formula is C17H11F6N7O. The molecule has 0 radical (unpaired) electrons. The van der Waals surface area contributed by atoms with Crippen LogP contribution in [0.1, 0.15) is 34.7 Å². The molecule has 4 aromatic heterocycles. The van der Waals surface area contributed by atoms with E-state index in [0.29, 0.717) is 17.8 Å². The Morgan fingerprint density at radius 1 is 1.06 bits per heavy atom.